The third-order valence-corrected chi connectivity index (χ3v) is 16.4. The first-order valence-electron chi connectivity index (χ1n) is 25.1. The van der Waals surface area contributed by atoms with Crippen LogP contribution >= 0.6 is 0 Å². The van der Waals surface area contributed by atoms with E-state index in [-0.39, 0.29) is 55.7 Å². The summed E-state index contributed by atoms with van der Waals surface area (Å²) in [4.78, 5) is 54.2. The van der Waals surface area contributed by atoms with Gasteiger partial charge in [0.25, 0.3) is 0 Å². The second-order valence-corrected chi connectivity index (χ2v) is 21.2. The highest BCUT2D eigenvalue weighted by Gasteiger charge is 2.59. The van der Waals surface area contributed by atoms with Crippen molar-refractivity contribution in [1.82, 2.24) is 10.6 Å². The summed E-state index contributed by atoms with van der Waals surface area (Å²) in [7, 11) is 0. The normalized spacial score (nSPS) is 27.2. The topological polar surface area (TPSA) is 111 Å². The molecule has 7 rings (SSSR count). The molecule has 8 nitrogen and oxygen atoms in total. The minimum absolute atomic E-state index is 0.0643. The van der Waals surface area contributed by atoms with Crippen LogP contribution in [0.25, 0.3) is 0 Å². The Morgan fingerprint density at radius 2 is 1.34 bits per heavy atom. The van der Waals surface area contributed by atoms with Gasteiger partial charge in [-0.3, -0.25) is 14.4 Å². The quantitative estimate of drug-likeness (QED) is 0.0864. The zero-order valence-corrected chi connectivity index (χ0v) is 39.9. The molecule has 3 saturated carbocycles. The van der Waals surface area contributed by atoms with Gasteiger partial charge in [-0.15, -0.1) is 0 Å². The van der Waals surface area contributed by atoms with Crippen LogP contribution in [-0.4, -0.2) is 41.9 Å². The van der Waals surface area contributed by atoms with E-state index in [1.54, 1.807) is 0 Å². The van der Waals surface area contributed by atoms with E-state index in [4.69, 9.17) is 9.47 Å². The van der Waals surface area contributed by atoms with Crippen molar-refractivity contribution < 1.29 is 28.7 Å². The number of hydrogen-bond acceptors (Lipinski definition) is 6. The predicted octanol–water partition coefficient (Wildman–Crippen LogP) is 11.3. The van der Waals surface area contributed by atoms with Crippen LogP contribution in [-0.2, 0) is 48.1 Å². The van der Waals surface area contributed by atoms with E-state index in [0.717, 1.165) is 72.0 Å². The van der Waals surface area contributed by atoms with Crippen molar-refractivity contribution in [2.75, 3.05) is 0 Å². The van der Waals surface area contributed by atoms with Crippen molar-refractivity contribution in [3.8, 4) is 0 Å². The van der Waals surface area contributed by atoms with Crippen LogP contribution in [0, 0.1) is 46.3 Å². The molecule has 0 spiro atoms. The molecule has 65 heavy (non-hydrogen) atoms. The molecule has 0 bridgehead atoms. The average Bonchev–Trinajstić information content (AvgIpc) is 3.66. The maximum Gasteiger partial charge on any atom is 0.329 e. The molecule has 3 fully saturated rings. The third kappa shape index (κ3) is 12.2. The van der Waals surface area contributed by atoms with Crippen LogP contribution in [0.2, 0.25) is 0 Å². The molecule has 0 aromatic heterocycles. The molecule has 4 aliphatic carbocycles. The first-order chi connectivity index (χ1) is 31.3. The van der Waals surface area contributed by atoms with Crippen molar-refractivity contribution in [1.29, 1.82) is 0 Å². The highest BCUT2D eigenvalue weighted by molar-refractivity contribution is 5.91. The molecular formula is C57H76N2O6. The smallest absolute Gasteiger partial charge is 0.329 e. The molecule has 2 amide bonds. The zero-order chi connectivity index (χ0) is 46.0. The van der Waals surface area contributed by atoms with E-state index in [1.807, 2.05) is 91.0 Å². The van der Waals surface area contributed by atoms with Crippen LogP contribution in [0.15, 0.2) is 103 Å². The Labute approximate surface area is 389 Å². The number of ether oxygens (including phenoxy) is 2. The molecule has 350 valence electrons. The first kappa shape index (κ1) is 48.2. The summed E-state index contributed by atoms with van der Waals surface area (Å²) in [6.07, 6.45) is 16.8. The Kier molecular flexibility index (Phi) is 16.5. The number of benzene rings is 3. The van der Waals surface area contributed by atoms with Gasteiger partial charge in [0, 0.05) is 32.1 Å². The number of esters is 2. The molecule has 4 aliphatic rings. The molecule has 10 atom stereocenters. The number of carbonyl (C=O) groups is 4. The lowest BCUT2D eigenvalue weighted by Crippen LogP contribution is -2.53. The van der Waals surface area contributed by atoms with Crippen molar-refractivity contribution in [3.05, 3.63) is 119 Å². The Hall–Kier alpha value is -4.72. The first-order valence-corrected chi connectivity index (χ1v) is 25.1. The molecule has 0 radical (unpaired) electrons. The number of fused-ring (bicyclic) bond motifs is 5. The van der Waals surface area contributed by atoms with E-state index in [2.05, 4.69) is 51.3 Å². The van der Waals surface area contributed by atoms with Gasteiger partial charge in [0.1, 0.15) is 24.8 Å². The fourth-order valence-electron chi connectivity index (χ4n) is 12.9. The number of rotatable bonds is 20. The van der Waals surface area contributed by atoms with Crippen LogP contribution < -0.4 is 10.6 Å². The van der Waals surface area contributed by atoms with Gasteiger partial charge in [0.2, 0.25) is 11.8 Å². The van der Waals surface area contributed by atoms with E-state index in [1.165, 1.54) is 50.5 Å². The molecule has 2 N–H and O–H groups in total. The molecule has 8 heteroatoms. The van der Waals surface area contributed by atoms with Gasteiger partial charge < -0.3 is 20.1 Å². The van der Waals surface area contributed by atoms with Crippen molar-refractivity contribution in [3.63, 3.8) is 0 Å². The molecular weight excluding hydrogens is 809 g/mol. The van der Waals surface area contributed by atoms with Gasteiger partial charge in [-0.1, -0.05) is 157 Å². The van der Waals surface area contributed by atoms with Crippen molar-refractivity contribution >= 4 is 23.8 Å². The maximum atomic E-state index is 14.0. The van der Waals surface area contributed by atoms with Crippen LogP contribution in [0.5, 0.6) is 0 Å². The van der Waals surface area contributed by atoms with Crippen LogP contribution in [0.3, 0.4) is 0 Å². The summed E-state index contributed by atoms with van der Waals surface area (Å²) in [6, 6.07) is 26.4. The Morgan fingerprint density at radius 3 is 2.00 bits per heavy atom. The largest absolute Gasteiger partial charge is 0.462 e. The second-order valence-electron chi connectivity index (χ2n) is 21.2. The second kappa shape index (κ2) is 22.2. The fourth-order valence-corrected chi connectivity index (χ4v) is 12.9. The Bertz CT molecular complexity index is 2070. The van der Waals surface area contributed by atoms with E-state index in [9.17, 15) is 19.2 Å². The molecule has 0 heterocycles. The molecule has 0 saturated heterocycles. The van der Waals surface area contributed by atoms with E-state index < -0.39 is 24.0 Å². The lowest BCUT2D eigenvalue weighted by molar-refractivity contribution is -0.151. The number of amides is 2. The van der Waals surface area contributed by atoms with Crippen LogP contribution in [0.4, 0.5) is 0 Å². The van der Waals surface area contributed by atoms with Gasteiger partial charge in [-0.2, -0.15) is 0 Å². The average molecular weight is 885 g/mol. The summed E-state index contributed by atoms with van der Waals surface area (Å²) in [6.45, 7) is 12.5. The number of nitrogens with one attached hydrogen (secondary N) is 2. The third-order valence-electron chi connectivity index (χ3n) is 16.4. The van der Waals surface area contributed by atoms with Gasteiger partial charge in [-0.05, 0) is 114 Å². The summed E-state index contributed by atoms with van der Waals surface area (Å²) in [5, 5.41) is 5.82. The summed E-state index contributed by atoms with van der Waals surface area (Å²) >= 11 is 0. The number of hydrogen-bond donors (Lipinski definition) is 2. The van der Waals surface area contributed by atoms with Crippen molar-refractivity contribution in [2.24, 2.45) is 46.3 Å². The van der Waals surface area contributed by atoms with Crippen molar-refractivity contribution in [2.45, 2.75) is 162 Å². The zero-order valence-electron chi connectivity index (χ0n) is 39.9. The maximum absolute atomic E-state index is 14.0. The minimum Gasteiger partial charge on any atom is -0.462 e. The predicted molar refractivity (Wildman–Crippen MR) is 257 cm³/mol. The van der Waals surface area contributed by atoms with Gasteiger partial charge in [0.15, 0.2) is 0 Å². The van der Waals surface area contributed by atoms with Gasteiger partial charge in [-0.25, -0.2) is 4.79 Å². The number of allylic oxidation sites excluding steroid dienone is 1. The molecule has 3 aromatic carbocycles. The minimum atomic E-state index is -0.974. The SMILES string of the molecule is CC(C)CCC[C@@H](C)[C@H]1CC[C@H]2[C@@H]3CC=C4C[C@@H](OC(=O)CCCC(=O)NC(Cc5ccccc5)C(=O)NC(Cc5ccccc5)C(=O)OCc5ccccc5)CC[C@]4(C)[C@H]3CC[C@]12C. The van der Waals surface area contributed by atoms with Gasteiger partial charge in [0.05, 0.1) is 0 Å². The fraction of sp³-hybridized carbons (Fsp3) is 0.579. The molecule has 3 aromatic rings. The summed E-state index contributed by atoms with van der Waals surface area (Å²) in [5.74, 6) is 3.07. The summed E-state index contributed by atoms with van der Waals surface area (Å²) in [5.41, 5.74) is 4.71. The Morgan fingerprint density at radius 1 is 0.692 bits per heavy atom. The Balaban J connectivity index is 0.904. The molecule has 2 unspecified atom stereocenters. The monoisotopic (exact) mass is 885 g/mol. The number of carbonyl (C=O) groups excluding carboxylic acids is 4. The lowest BCUT2D eigenvalue weighted by atomic mass is 9.47. The molecule has 0 aliphatic heterocycles. The summed E-state index contributed by atoms with van der Waals surface area (Å²) < 4.78 is 11.8. The highest BCUT2D eigenvalue weighted by atomic mass is 16.5. The standard InChI is InChI=1S/C57H76N2O6/c1-39(2)17-15-18-40(3)47-29-30-48-46-28-27-44-37-45(31-33-56(44,4)49(46)32-34-57(47,48)5)65-53(61)26-16-25-52(60)58-50(35-41-19-9-6-10-20-41)54(62)59-51(36-42-21-11-7-12-22-42)55(63)64-38-43-23-13-8-14-24-43/h6-14,19-24,27,39-40,45-51H,15-18,25-26,28-38H2,1-5H3,(H,58,60)(H,59,62)/t40-,45+,46+,47-,48+,49+,50?,51?,56+,57-/m1/s1. The van der Waals surface area contributed by atoms with Gasteiger partial charge >= 0.3 is 11.9 Å². The lowest BCUT2D eigenvalue weighted by Gasteiger charge is -2.58. The highest BCUT2D eigenvalue weighted by Crippen LogP contribution is 2.67. The van der Waals surface area contributed by atoms with E-state index in [0.29, 0.717) is 17.8 Å². The van der Waals surface area contributed by atoms with Crippen LogP contribution in [0.1, 0.15) is 141 Å². The van der Waals surface area contributed by atoms with E-state index >= 15 is 0 Å².